The van der Waals surface area contributed by atoms with E-state index in [4.69, 9.17) is 5.73 Å². The summed E-state index contributed by atoms with van der Waals surface area (Å²) in [5.41, 5.74) is 7.65. The van der Waals surface area contributed by atoms with E-state index < -0.39 is 0 Å². The fourth-order valence-corrected chi connectivity index (χ4v) is 3.34. The fraction of sp³-hybridized carbons (Fsp3) is 0.368. The molecule has 5 nitrogen and oxygen atoms in total. The highest BCUT2D eigenvalue weighted by atomic mass is 16.1. The summed E-state index contributed by atoms with van der Waals surface area (Å²) in [6.45, 7) is 4.59. The molecule has 1 aromatic heterocycles. The van der Waals surface area contributed by atoms with Gasteiger partial charge in [-0.2, -0.15) is 0 Å². The quantitative estimate of drug-likeness (QED) is 0.855. The van der Waals surface area contributed by atoms with Gasteiger partial charge in [-0.3, -0.25) is 9.69 Å². The van der Waals surface area contributed by atoms with E-state index in [0.717, 1.165) is 43.1 Å². The van der Waals surface area contributed by atoms with Gasteiger partial charge in [-0.25, -0.2) is 4.98 Å². The molecular formula is C19H24N4O. The maximum absolute atomic E-state index is 12.0. The Labute approximate surface area is 142 Å². The maximum Gasteiger partial charge on any atom is 0.239 e. The molecule has 0 aliphatic carbocycles. The number of anilines is 1. The molecule has 2 heterocycles. The third kappa shape index (κ3) is 3.92. The third-order valence-electron chi connectivity index (χ3n) is 4.53. The number of rotatable bonds is 6. The molecule has 24 heavy (non-hydrogen) atoms. The number of aromatic nitrogens is 1. The standard InChI is InChI=1S/C19H24N4O/c1-14-6-5-9-17(22-14)21-12-15-10-11-23(13-15)18(19(20)24)16-7-3-2-4-8-16/h2-9,15,18H,10-13H2,1H3,(H2,20,24)(H,21,22)/t15-,18+/m0/s1. The number of hydrogen-bond acceptors (Lipinski definition) is 4. The zero-order valence-corrected chi connectivity index (χ0v) is 14.0. The number of amides is 1. The van der Waals surface area contributed by atoms with Crippen molar-refractivity contribution in [2.24, 2.45) is 11.7 Å². The normalized spacial score (nSPS) is 19.1. The number of aryl methyl sites for hydroxylation is 1. The molecule has 2 aromatic rings. The predicted molar refractivity (Wildman–Crippen MR) is 95.5 cm³/mol. The molecule has 3 rings (SSSR count). The van der Waals surface area contributed by atoms with Crippen molar-refractivity contribution in [1.82, 2.24) is 9.88 Å². The van der Waals surface area contributed by atoms with Gasteiger partial charge in [-0.15, -0.1) is 0 Å². The number of primary amides is 1. The maximum atomic E-state index is 12.0. The van der Waals surface area contributed by atoms with Crippen molar-refractivity contribution in [3.8, 4) is 0 Å². The van der Waals surface area contributed by atoms with Crippen molar-refractivity contribution in [2.45, 2.75) is 19.4 Å². The van der Waals surface area contributed by atoms with Crippen molar-refractivity contribution in [1.29, 1.82) is 0 Å². The summed E-state index contributed by atoms with van der Waals surface area (Å²) < 4.78 is 0. The van der Waals surface area contributed by atoms with Crippen molar-refractivity contribution in [3.05, 3.63) is 59.8 Å². The Hall–Kier alpha value is -2.40. The van der Waals surface area contributed by atoms with Crippen LogP contribution in [0.4, 0.5) is 5.82 Å². The monoisotopic (exact) mass is 324 g/mol. The van der Waals surface area contributed by atoms with Crippen molar-refractivity contribution < 1.29 is 4.79 Å². The summed E-state index contributed by atoms with van der Waals surface area (Å²) in [4.78, 5) is 18.6. The Balaban J connectivity index is 1.60. The zero-order valence-electron chi connectivity index (χ0n) is 14.0. The highest BCUT2D eigenvalue weighted by Crippen LogP contribution is 2.27. The number of nitrogens with zero attached hydrogens (tertiary/aromatic N) is 2. The molecule has 0 saturated carbocycles. The topological polar surface area (TPSA) is 71.2 Å². The second-order valence-electron chi connectivity index (χ2n) is 6.41. The Morgan fingerprint density at radius 2 is 2.08 bits per heavy atom. The Morgan fingerprint density at radius 1 is 1.29 bits per heavy atom. The molecule has 2 atom stereocenters. The molecule has 0 radical (unpaired) electrons. The van der Waals surface area contributed by atoms with E-state index in [-0.39, 0.29) is 11.9 Å². The number of likely N-dealkylation sites (tertiary alicyclic amines) is 1. The van der Waals surface area contributed by atoms with E-state index in [0.29, 0.717) is 5.92 Å². The van der Waals surface area contributed by atoms with Crippen LogP contribution in [0.3, 0.4) is 0 Å². The van der Waals surface area contributed by atoms with Crippen LogP contribution in [0.15, 0.2) is 48.5 Å². The fourth-order valence-electron chi connectivity index (χ4n) is 3.34. The first-order valence-electron chi connectivity index (χ1n) is 8.39. The van der Waals surface area contributed by atoms with Crippen molar-refractivity contribution in [3.63, 3.8) is 0 Å². The van der Waals surface area contributed by atoms with Crippen LogP contribution in [-0.2, 0) is 4.79 Å². The highest BCUT2D eigenvalue weighted by Gasteiger charge is 2.32. The van der Waals surface area contributed by atoms with Crippen LogP contribution in [0.25, 0.3) is 0 Å². The van der Waals surface area contributed by atoms with E-state index >= 15 is 0 Å². The van der Waals surface area contributed by atoms with Crippen molar-refractivity contribution in [2.75, 3.05) is 25.0 Å². The van der Waals surface area contributed by atoms with E-state index in [9.17, 15) is 4.79 Å². The lowest BCUT2D eigenvalue weighted by Gasteiger charge is -2.25. The molecule has 0 spiro atoms. The molecule has 1 saturated heterocycles. The zero-order chi connectivity index (χ0) is 16.9. The first-order chi connectivity index (χ1) is 11.6. The van der Waals surface area contributed by atoms with Gasteiger partial charge >= 0.3 is 0 Å². The van der Waals surface area contributed by atoms with Gasteiger partial charge in [0.2, 0.25) is 5.91 Å². The third-order valence-corrected chi connectivity index (χ3v) is 4.53. The van der Waals surface area contributed by atoms with Crippen LogP contribution >= 0.6 is 0 Å². The summed E-state index contributed by atoms with van der Waals surface area (Å²) in [6.07, 6.45) is 1.05. The summed E-state index contributed by atoms with van der Waals surface area (Å²) in [5, 5.41) is 3.40. The number of nitrogens with one attached hydrogen (secondary N) is 1. The summed E-state index contributed by atoms with van der Waals surface area (Å²) in [5.74, 6) is 1.11. The molecule has 1 aliphatic rings. The molecule has 1 aromatic carbocycles. The number of pyridine rings is 1. The van der Waals surface area contributed by atoms with Gasteiger partial charge in [0, 0.05) is 18.8 Å². The summed E-state index contributed by atoms with van der Waals surface area (Å²) in [6, 6.07) is 15.4. The molecule has 1 aliphatic heterocycles. The summed E-state index contributed by atoms with van der Waals surface area (Å²) >= 11 is 0. The van der Waals surface area contributed by atoms with Crippen LogP contribution < -0.4 is 11.1 Å². The largest absolute Gasteiger partial charge is 0.370 e. The molecule has 5 heteroatoms. The second kappa shape index (κ2) is 7.45. The Bertz CT molecular complexity index is 689. The van der Waals surface area contributed by atoms with Gasteiger partial charge in [0.15, 0.2) is 0 Å². The van der Waals surface area contributed by atoms with Gasteiger partial charge in [0.25, 0.3) is 0 Å². The second-order valence-corrected chi connectivity index (χ2v) is 6.41. The van der Waals surface area contributed by atoms with Crippen LogP contribution in [0.1, 0.15) is 23.7 Å². The van der Waals surface area contributed by atoms with Gasteiger partial charge in [0.1, 0.15) is 11.9 Å². The molecule has 1 amide bonds. The smallest absolute Gasteiger partial charge is 0.239 e. The van der Waals surface area contributed by atoms with Gasteiger partial charge in [-0.1, -0.05) is 36.4 Å². The number of carbonyl (C=O) groups excluding carboxylic acids is 1. The first-order valence-corrected chi connectivity index (χ1v) is 8.39. The Morgan fingerprint density at radius 3 is 2.79 bits per heavy atom. The highest BCUT2D eigenvalue weighted by molar-refractivity contribution is 5.81. The molecule has 0 bridgehead atoms. The molecule has 126 valence electrons. The predicted octanol–water partition coefficient (Wildman–Crippen LogP) is 2.35. The molecule has 3 N–H and O–H groups in total. The van der Waals surface area contributed by atoms with Gasteiger partial charge in [-0.05, 0) is 43.5 Å². The minimum atomic E-state index is -0.340. The lowest BCUT2D eigenvalue weighted by molar-refractivity contribution is -0.123. The van der Waals surface area contributed by atoms with Crippen LogP contribution in [-0.4, -0.2) is 35.4 Å². The van der Waals surface area contributed by atoms with Crippen LogP contribution in [0, 0.1) is 12.8 Å². The minimum absolute atomic E-state index is 0.282. The van der Waals surface area contributed by atoms with Crippen LogP contribution in [0.2, 0.25) is 0 Å². The lowest BCUT2D eigenvalue weighted by atomic mass is 10.0. The number of carbonyl (C=O) groups is 1. The van der Waals surface area contributed by atoms with Gasteiger partial charge in [0.05, 0.1) is 0 Å². The Kier molecular flexibility index (Phi) is 5.11. The molecular weight excluding hydrogens is 300 g/mol. The number of benzene rings is 1. The van der Waals surface area contributed by atoms with Crippen LogP contribution in [0.5, 0.6) is 0 Å². The van der Waals surface area contributed by atoms with E-state index in [2.05, 4.69) is 15.2 Å². The minimum Gasteiger partial charge on any atom is -0.370 e. The lowest BCUT2D eigenvalue weighted by Crippen LogP contribution is -2.36. The van der Waals surface area contributed by atoms with Crippen molar-refractivity contribution >= 4 is 11.7 Å². The van der Waals surface area contributed by atoms with Gasteiger partial charge < -0.3 is 11.1 Å². The first kappa shape index (κ1) is 16.5. The number of nitrogens with two attached hydrogens (primary N) is 1. The average Bonchev–Trinajstić information content (AvgIpc) is 3.02. The average molecular weight is 324 g/mol. The SMILES string of the molecule is Cc1cccc(NC[C@@H]2CCN([C@@H](C(N)=O)c3ccccc3)C2)n1. The van der Waals surface area contributed by atoms with E-state index in [1.165, 1.54) is 0 Å². The van der Waals surface area contributed by atoms with E-state index in [1.54, 1.807) is 0 Å². The van der Waals surface area contributed by atoms with E-state index in [1.807, 2.05) is 55.5 Å². The summed E-state index contributed by atoms with van der Waals surface area (Å²) in [7, 11) is 0. The number of hydrogen-bond donors (Lipinski definition) is 2. The molecule has 1 fully saturated rings. The molecule has 0 unspecified atom stereocenters.